The molecule has 0 unspecified atom stereocenters. The minimum Gasteiger partial charge on any atom is -0.496 e. The Morgan fingerprint density at radius 3 is 2.64 bits per heavy atom. The van der Waals surface area contributed by atoms with E-state index in [1.807, 2.05) is 38.1 Å². The van der Waals surface area contributed by atoms with Gasteiger partial charge in [-0.1, -0.05) is 12.2 Å². The summed E-state index contributed by atoms with van der Waals surface area (Å²) in [5.41, 5.74) is 0.104. The van der Waals surface area contributed by atoms with Crippen molar-refractivity contribution in [2.24, 2.45) is 17.8 Å². The van der Waals surface area contributed by atoms with Gasteiger partial charge >= 0.3 is 0 Å². The van der Waals surface area contributed by atoms with E-state index in [9.17, 15) is 22.8 Å². The molecule has 4 aliphatic rings. The maximum Gasteiger partial charge on any atom is 0.259 e. The molecule has 3 saturated carbocycles. The van der Waals surface area contributed by atoms with E-state index in [1.165, 1.54) is 0 Å². The number of hydrogen-bond donors (Lipinski definition) is 2. The van der Waals surface area contributed by atoms with Gasteiger partial charge in [0, 0.05) is 36.5 Å². The molecule has 3 amide bonds. The van der Waals surface area contributed by atoms with Crippen molar-refractivity contribution in [2.75, 3.05) is 27.3 Å². The highest BCUT2D eigenvalue weighted by molar-refractivity contribution is 7.91. The maximum atomic E-state index is 14.1. The van der Waals surface area contributed by atoms with Crippen LogP contribution in [0.4, 0.5) is 0 Å². The van der Waals surface area contributed by atoms with Crippen LogP contribution in [-0.4, -0.2) is 80.2 Å². The first kappa shape index (κ1) is 33.0. The number of pyridine rings is 1. The molecule has 1 aliphatic heterocycles. The first-order valence-electron chi connectivity index (χ1n) is 16.5. The van der Waals surface area contributed by atoms with Crippen LogP contribution in [-0.2, 0) is 24.4 Å². The highest BCUT2D eigenvalue weighted by Crippen LogP contribution is 2.47. The van der Waals surface area contributed by atoms with E-state index in [0.717, 1.165) is 30.2 Å². The summed E-state index contributed by atoms with van der Waals surface area (Å²) in [4.78, 5) is 47.8. The Kier molecular flexibility index (Phi) is 9.12. The molecule has 0 saturated heterocycles. The zero-order chi connectivity index (χ0) is 33.5. The van der Waals surface area contributed by atoms with Crippen molar-refractivity contribution >= 4 is 38.6 Å². The topological polar surface area (TPSA) is 153 Å². The van der Waals surface area contributed by atoms with E-state index in [1.54, 1.807) is 25.1 Å². The molecule has 47 heavy (non-hydrogen) atoms. The molecule has 0 bridgehead atoms. The quantitative estimate of drug-likeness (QED) is 0.403. The van der Waals surface area contributed by atoms with Crippen LogP contribution in [0.25, 0.3) is 10.9 Å². The standard InChI is InChI=1S/C34H44N4O8S/c1-5-45-29-18-28(24-13-14-27(44-4)20(2)30(24)35-29)46-22-16-25-26(17-22)32(40)38(3)15-9-7-6-8-10-21-19-34(21,36-31(25)39)33(41)37-47(42,43)23-11-12-23/h8,10,13-14,18,21-23,25-26H,5-7,9,11-12,15-17,19H2,1-4H3,(H,36,39)(H,37,41)/b10-8-/t21-,22-,25-,26-,34-/m1/s1. The van der Waals surface area contributed by atoms with Gasteiger partial charge in [-0.2, -0.15) is 0 Å². The number of amides is 3. The summed E-state index contributed by atoms with van der Waals surface area (Å²) >= 11 is 0. The number of carbonyl (C=O) groups is 3. The van der Waals surface area contributed by atoms with Gasteiger partial charge in [0.05, 0.1) is 36.3 Å². The molecule has 3 fully saturated rings. The van der Waals surface area contributed by atoms with E-state index < -0.39 is 50.6 Å². The number of ether oxygens (including phenoxy) is 3. The molecule has 13 heteroatoms. The number of carbonyl (C=O) groups excluding carboxylic acids is 3. The Morgan fingerprint density at radius 1 is 1.15 bits per heavy atom. The lowest BCUT2D eigenvalue weighted by Gasteiger charge is -2.26. The molecular weight excluding hydrogens is 624 g/mol. The van der Waals surface area contributed by atoms with E-state index in [2.05, 4.69) is 15.0 Å². The van der Waals surface area contributed by atoms with Crippen LogP contribution in [0.5, 0.6) is 17.4 Å². The number of benzene rings is 1. The van der Waals surface area contributed by atoms with Gasteiger partial charge in [0.2, 0.25) is 27.7 Å². The van der Waals surface area contributed by atoms with Gasteiger partial charge in [0.1, 0.15) is 23.1 Å². The average molecular weight is 669 g/mol. The zero-order valence-corrected chi connectivity index (χ0v) is 28.2. The number of rotatable bonds is 8. The number of fused-ring (bicyclic) bond motifs is 3. The molecule has 2 N–H and O–H groups in total. The first-order valence-corrected chi connectivity index (χ1v) is 18.1. The van der Waals surface area contributed by atoms with Gasteiger partial charge in [-0.3, -0.25) is 19.1 Å². The number of nitrogens with one attached hydrogen (secondary N) is 2. The van der Waals surface area contributed by atoms with Gasteiger partial charge in [0.25, 0.3) is 5.91 Å². The Labute approximate surface area is 275 Å². The van der Waals surface area contributed by atoms with Crippen molar-refractivity contribution in [1.82, 2.24) is 19.9 Å². The number of hydrogen-bond acceptors (Lipinski definition) is 9. The van der Waals surface area contributed by atoms with Gasteiger partial charge in [-0.25, -0.2) is 13.4 Å². The molecule has 1 aromatic heterocycles. The molecule has 254 valence electrons. The molecule has 5 atom stereocenters. The van der Waals surface area contributed by atoms with E-state index >= 15 is 0 Å². The summed E-state index contributed by atoms with van der Waals surface area (Å²) in [6.07, 6.45) is 7.62. The SMILES string of the molecule is CCOc1cc(O[C@@H]2C[C@H]3C(=O)N[C@]4(C(=O)NS(=O)(=O)C5CC5)C[C@H]4/C=C\CCCCN(C)C(=O)[C@@H]3C2)c2ccc(OC)c(C)c2n1. The largest absolute Gasteiger partial charge is 0.496 e. The molecule has 0 spiro atoms. The molecule has 12 nitrogen and oxygen atoms in total. The van der Waals surface area contributed by atoms with E-state index in [4.69, 9.17) is 14.2 Å². The second-order valence-corrected chi connectivity index (χ2v) is 15.2. The zero-order valence-electron chi connectivity index (χ0n) is 27.4. The molecule has 2 heterocycles. The van der Waals surface area contributed by atoms with Gasteiger partial charge in [-0.05, 0) is 77.3 Å². The number of aromatic nitrogens is 1. The summed E-state index contributed by atoms with van der Waals surface area (Å²) in [7, 11) is -0.465. The summed E-state index contributed by atoms with van der Waals surface area (Å²) in [6, 6.07) is 5.44. The van der Waals surface area contributed by atoms with Crippen LogP contribution < -0.4 is 24.2 Å². The fraction of sp³-hybridized carbons (Fsp3) is 0.588. The fourth-order valence-electron chi connectivity index (χ4n) is 6.97. The van der Waals surface area contributed by atoms with Crippen LogP contribution in [0.15, 0.2) is 30.4 Å². The Hall–Kier alpha value is -3.87. The van der Waals surface area contributed by atoms with Crippen molar-refractivity contribution in [3.63, 3.8) is 0 Å². The van der Waals surface area contributed by atoms with Crippen molar-refractivity contribution in [3.05, 3.63) is 35.9 Å². The maximum absolute atomic E-state index is 14.1. The Morgan fingerprint density at radius 2 is 1.91 bits per heavy atom. The lowest BCUT2D eigenvalue weighted by Crippen LogP contribution is -2.54. The van der Waals surface area contributed by atoms with E-state index in [-0.39, 0.29) is 18.2 Å². The third kappa shape index (κ3) is 6.63. The lowest BCUT2D eigenvalue weighted by atomic mass is 9.93. The number of sulfonamides is 1. The van der Waals surface area contributed by atoms with Crippen molar-refractivity contribution in [1.29, 1.82) is 0 Å². The summed E-state index contributed by atoms with van der Waals surface area (Å²) in [5.74, 6) is -1.54. The third-order valence-electron chi connectivity index (χ3n) is 9.93. The monoisotopic (exact) mass is 668 g/mol. The lowest BCUT2D eigenvalue weighted by molar-refractivity contribution is -0.140. The second kappa shape index (κ2) is 13.0. The first-order chi connectivity index (χ1) is 22.5. The molecule has 6 rings (SSSR count). The molecule has 1 aromatic carbocycles. The smallest absolute Gasteiger partial charge is 0.259 e. The molecule has 3 aliphatic carbocycles. The minimum absolute atomic E-state index is 0.152. The van der Waals surface area contributed by atoms with Crippen molar-refractivity contribution in [2.45, 2.75) is 82.1 Å². The predicted octanol–water partition coefficient (Wildman–Crippen LogP) is 3.41. The van der Waals surface area contributed by atoms with Crippen LogP contribution >= 0.6 is 0 Å². The summed E-state index contributed by atoms with van der Waals surface area (Å²) < 4.78 is 45.5. The van der Waals surface area contributed by atoms with Crippen LogP contribution in [0.2, 0.25) is 0 Å². The molecule has 0 radical (unpaired) electrons. The predicted molar refractivity (Wildman–Crippen MR) is 175 cm³/mol. The van der Waals surface area contributed by atoms with Gasteiger partial charge < -0.3 is 24.4 Å². The Bertz CT molecular complexity index is 1710. The summed E-state index contributed by atoms with van der Waals surface area (Å²) in [5, 5.41) is 3.10. The average Bonchev–Trinajstić information content (AvgIpc) is 3.96. The van der Waals surface area contributed by atoms with Crippen molar-refractivity contribution < 1.29 is 37.0 Å². The minimum atomic E-state index is -3.81. The number of nitrogens with zero attached hydrogens (tertiary/aromatic N) is 2. The highest BCUT2D eigenvalue weighted by Gasteiger charge is 2.62. The van der Waals surface area contributed by atoms with Gasteiger partial charge in [-0.15, -0.1) is 0 Å². The normalized spacial score (nSPS) is 28.8. The van der Waals surface area contributed by atoms with E-state index in [0.29, 0.717) is 61.7 Å². The molecule has 2 aromatic rings. The Balaban J connectivity index is 1.30. The number of methoxy groups -OCH3 is 1. The van der Waals surface area contributed by atoms with Gasteiger partial charge in [0.15, 0.2) is 0 Å². The van der Waals surface area contributed by atoms with Crippen LogP contribution in [0.1, 0.15) is 63.9 Å². The third-order valence-corrected chi connectivity index (χ3v) is 11.7. The van der Waals surface area contributed by atoms with Crippen LogP contribution in [0, 0.1) is 24.7 Å². The highest BCUT2D eigenvalue weighted by atomic mass is 32.2. The fourth-order valence-corrected chi connectivity index (χ4v) is 8.33. The number of aryl methyl sites for hydroxylation is 1. The van der Waals surface area contributed by atoms with Crippen LogP contribution in [0.3, 0.4) is 0 Å². The number of allylic oxidation sites excluding steroid dienone is 1. The second-order valence-electron chi connectivity index (χ2n) is 13.2. The van der Waals surface area contributed by atoms with Crippen molar-refractivity contribution in [3.8, 4) is 17.4 Å². The molecular formula is C34H44N4O8S. The summed E-state index contributed by atoms with van der Waals surface area (Å²) in [6.45, 7) is 4.75.